The molecule has 1 atom stereocenters. The van der Waals surface area contributed by atoms with Crippen LogP contribution in [0.15, 0.2) is 30.3 Å². The first-order valence-corrected chi connectivity index (χ1v) is 6.30. The van der Waals surface area contributed by atoms with Gasteiger partial charge in [-0.05, 0) is 19.5 Å². The van der Waals surface area contributed by atoms with Crippen LogP contribution < -0.4 is 0 Å². The van der Waals surface area contributed by atoms with Gasteiger partial charge in [-0.2, -0.15) is 0 Å². The molecular weight excluding hydrogens is 228 g/mol. The van der Waals surface area contributed by atoms with Crippen LogP contribution in [0.25, 0.3) is 0 Å². The Bertz CT molecular complexity index is 394. The van der Waals surface area contributed by atoms with E-state index in [0.717, 1.165) is 25.3 Å². The van der Waals surface area contributed by atoms with Crippen molar-refractivity contribution in [1.82, 2.24) is 9.80 Å². The van der Waals surface area contributed by atoms with Crippen LogP contribution >= 0.6 is 0 Å². The van der Waals surface area contributed by atoms with Gasteiger partial charge < -0.3 is 4.74 Å². The Morgan fingerprint density at radius 1 is 1.33 bits per heavy atom. The standard InChI is InChI=1S/C14H20N2O2/c1-12(16-9-8-15(2)11-16)14(17)18-10-13-6-4-3-5-7-13/h3-7,12H,8-11H2,1-2H3. The maximum Gasteiger partial charge on any atom is 0.323 e. The van der Waals surface area contributed by atoms with Gasteiger partial charge in [-0.25, -0.2) is 0 Å². The molecule has 2 rings (SSSR count). The highest BCUT2D eigenvalue weighted by molar-refractivity contribution is 5.75. The SMILES string of the molecule is CC(C(=O)OCc1ccccc1)N1CCN(C)C1. The second-order valence-electron chi connectivity index (χ2n) is 4.80. The van der Waals surface area contributed by atoms with E-state index in [2.05, 4.69) is 16.8 Å². The van der Waals surface area contributed by atoms with Crippen molar-refractivity contribution in [1.29, 1.82) is 0 Å². The van der Waals surface area contributed by atoms with E-state index in [1.54, 1.807) is 0 Å². The average Bonchev–Trinajstić information content (AvgIpc) is 2.83. The number of hydrogen-bond acceptors (Lipinski definition) is 4. The van der Waals surface area contributed by atoms with Gasteiger partial charge in [0, 0.05) is 13.1 Å². The molecule has 1 unspecified atom stereocenters. The third-order valence-corrected chi connectivity index (χ3v) is 3.30. The first kappa shape index (κ1) is 13.1. The fourth-order valence-corrected chi connectivity index (χ4v) is 2.07. The molecule has 0 N–H and O–H groups in total. The van der Waals surface area contributed by atoms with Crippen LogP contribution in [0.3, 0.4) is 0 Å². The summed E-state index contributed by atoms with van der Waals surface area (Å²) in [4.78, 5) is 16.3. The van der Waals surface area contributed by atoms with Crippen molar-refractivity contribution in [3.05, 3.63) is 35.9 Å². The molecule has 0 radical (unpaired) electrons. The van der Waals surface area contributed by atoms with Crippen molar-refractivity contribution in [3.63, 3.8) is 0 Å². The first-order valence-electron chi connectivity index (χ1n) is 6.30. The van der Waals surface area contributed by atoms with E-state index in [-0.39, 0.29) is 12.0 Å². The van der Waals surface area contributed by atoms with E-state index in [0.29, 0.717) is 6.61 Å². The molecule has 0 bridgehead atoms. The van der Waals surface area contributed by atoms with Gasteiger partial charge in [0.25, 0.3) is 0 Å². The lowest BCUT2D eigenvalue weighted by atomic mass is 10.2. The molecule has 0 aliphatic carbocycles. The van der Waals surface area contributed by atoms with Crippen LogP contribution in [-0.4, -0.2) is 48.6 Å². The maximum atomic E-state index is 11.9. The molecule has 98 valence electrons. The van der Waals surface area contributed by atoms with Crippen LogP contribution in [0, 0.1) is 0 Å². The molecule has 1 aromatic rings. The lowest BCUT2D eigenvalue weighted by Crippen LogP contribution is -2.39. The Balaban J connectivity index is 1.81. The third-order valence-electron chi connectivity index (χ3n) is 3.30. The van der Waals surface area contributed by atoms with Gasteiger partial charge in [-0.15, -0.1) is 0 Å². The van der Waals surface area contributed by atoms with Gasteiger partial charge in [0.15, 0.2) is 0 Å². The first-order chi connectivity index (χ1) is 8.66. The third kappa shape index (κ3) is 3.31. The zero-order valence-electron chi connectivity index (χ0n) is 11.0. The minimum Gasteiger partial charge on any atom is -0.460 e. The largest absolute Gasteiger partial charge is 0.460 e. The molecular formula is C14H20N2O2. The van der Waals surface area contributed by atoms with Crippen LogP contribution in [0.1, 0.15) is 12.5 Å². The number of esters is 1. The second kappa shape index (κ2) is 5.98. The summed E-state index contributed by atoms with van der Waals surface area (Å²) >= 11 is 0. The number of carbonyl (C=O) groups is 1. The molecule has 1 aromatic carbocycles. The van der Waals surface area contributed by atoms with Crippen molar-refractivity contribution < 1.29 is 9.53 Å². The van der Waals surface area contributed by atoms with Crippen LogP contribution in [0.5, 0.6) is 0 Å². The summed E-state index contributed by atoms with van der Waals surface area (Å²) < 4.78 is 5.34. The number of hydrogen-bond donors (Lipinski definition) is 0. The molecule has 0 aromatic heterocycles. The molecule has 1 heterocycles. The summed E-state index contributed by atoms with van der Waals surface area (Å²) in [5.74, 6) is -0.144. The summed E-state index contributed by atoms with van der Waals surface area (Å²) in [5, 5.41) is 0. The lowest BCUT2D eigenvalue weighted by Gasteiger charge is -2.22. The highest BCUT2D eigenvalue weighted by Crippen LogP contribution is 2.10. The van der Waals surface area contributed by atoms with Crippen LogP contribution in [0.4, 0.5) is 0 Å². The summed E-state index contributed by atoms with van der Waals surface area (Å²) in [6, 6.07) is 9.60. The van der Waals surface area contributed by atoms with Crippen molar-refractivity contribution in [2.45, 2.75) is 19.6 Å². The minimum atomic E-state index is -0.168. The smallest absolute Gasteiger partial charge is 0.323 e. The van der Waals surface area contributed by atoms with Crippen molar-refractivity contribution >= 4 is 5.97 Å². The number of likely N-dealkylation sites (N-methyl/N-ethyl adjacent to an activating group) is 1. The summed E-state index contributed by atoms with van der Waals surface area (Å²) in [7, 11) is 2.06. The molecule has 1 aliphatic rings. The Kier molecular flexibility index (Phi) is 4.33. The fraction of sp³-hybridized carbons (Fsp3) is 0.500. The minimum absolute atomic E-state index is 0.144. The topological polar surface area (TPSA) is 32.8 Å². The zero-order valence-corrected chi connectivity index (χ0v) is 11.0. The summed E-state index contributed by atoms with van der Waals surface area (Å²) in [5.41, 5.74) is 1.02. The molecule has 18 heavy (non-hydrogen) atoms. The van der Waals surface area contributed by atoms with E-state index in [4.69, 9.17) is 4.74 Å². The Morgan fingerprint density at radius 2 is 2.06 bits per heavy atom. The second-order valence-corrected chi connectivity index (χ2v) is 4.80. The number of nitrogens with zero attached hydrogens (tertiary/aromatic N) is 2. The van der Waals surface area contributed by atoms with E-state index >= 15 is 0 Å². The van der Waals surface area contributed by atoms with Gasteiger partial charge in [0.05, 0.1) is 6.67 Å². The quantitative estimate of drug-likeness (QED) is 0.752. The molecule has 1 saturated heterocycles. The predicted molar refractivity (Wildman–Crippen MR) is 69.9 cm³/mol. The Labute approximate surface area is 108 Å². The zero-order chi connectivity index (χ0) is 13.0. The van der Waals surface area contributed by atoms with Crippen molar-refractivity contribution in [2.24, 2.45) is 0 Å². The maximum absolute atomic E-state index is 11.9. The Hall–Kier alpha value is -1.39. The number of benzene rings is 1. The fourth-order valence-electron chi connectivity index (χ4n) is 2.07. The van der Waals surface area contributed by atoms with Crippen LogP contribution in [-0.2, 0) is 16.1 Å². The number of ether oxygens (including phenoxy) is 1. The number of carbonyl (C=O) groups excluding carboxylic acids is 1. The monoisotopic (exact) mass is 248 g/mol. The van der Waals surface area contributed by atoms with Gasteiger partial charge in [0.2, 0.25) is 0 Å². The van der Waals surface area contributed by atoms with Crippen LogP contribution in [0.2, 0.25) is 0 Å². The van der Waals surface area contributed by atoms with Crippen molar-refractivity contribution in [3.8, 4) is 0 Å². The van der Waals surface area contributed by atoms with Crippen molar-refractivity contribution in [2.75, 3.05) is 26.8 Å². The Morgan fingerprint density at radius 3 is 2.67 bits per heavy atom. The van der Waals surface area contributed by atoms with Gasteiger partial charge in [-0.3, -0.25) is 14.6 Å². The van der Waals surface area contributed by atoms with Gasteiger partial charge in [0.1, 0.15) is 12.6 Å². The molecule has 1 fully saturated rings. The van der Waals surface area contributed by atoms with E-state index in [1.807, 2.05) is 37.3 Å². The molecule has 0 saturated carbocycles. The molecule has 4 nitrogen and oxygen atoms in total. The molecule has 0 spiro atoms. The average molecular weight is 248 g/mol. The molecule has 1 aliphatic heterocycles. The molecule has 0 amide bonds. The summed E-state index contributed by atoms with van der Waals surface area (Å²) in [6.07, 6.45) is 0. The highest BCUT2D eigenvalue weighted by atomic mass is 16.5. The van der Waals surface area contributed by atoms with Gasteiger partial charge in [-0.1, -0.05) is 30.3 Å². The van der Waals surface area contributed by atoms with E-state index in [1.165, 1.54) is 0 Å². The lowest BCUT2D eigenvalue weighted by molar-refractivity contribution is -0.150. The normalized spacial score (nSPS) is 18.8. The summed E-state index contributed by atoms with van der Waals surface area (Å²) in [6.45, 7) is 5.04. The van der Waals surface area contributed by atoms with Gasteiger partial charge >= 0.3 is 5.97 Å². The number of rotatable bonds is 4. The predicted octanol–water partition coefficient (Wildman–Crippen LogP) is 1.32. The molecule has 4 heteroatoms. The highest BCUT2D eigenvalue weighted by Gasteiger charge is 2.27. The van der Waals surface area contributed by atoms with E-state index < -0.39 is 0 Å². The van der Waals surface area contributed by atoms with E-state index in [9.17, 15) is 4.79 Å².